The highest BCUT2D eigenvalue weighted by atomic mass is 35.5. The number of nitrogens with zero attached hydrogens (tertiary/aromatic N) is 1. The maximum atomic E-state index is 6.08. The van der Waals surface area contributed by atoms with Crippen LogP contribution in [0.3, 0.4) is 0 Å². The Balaban J connectivity index is 0.00000128. The Morgan fingerprint density at radius 3 is 2.81 bits per heavy atom. The van der Waals surface area contributed by atoms with Gasteiger partial charge in [0.05, 0.1) is 5.02 Å². The molecule has 1 fully saturated rings. The lowest BCUT2D eigenvalue weighted by atomic mass is 10.1. The molecule has 0 saturated carbocycles. The number of piperidine rings is 1. The molecule has 1 aromatic rings. The van der Waals surface area contributed by atoms with Crippen LogP contribution in [0.15, 0.2) is 5.38 Å². The van der Waals surface area contributed by atoms with Crippen molar-refractivity contribution in [2.24, 2.45) is 5.73 Å². The van der Waals surface area contributed by atoms with E-state index in [4.69, 9.17) is 28.9 Å². The summed E-state index contributed by atoms with van der Waals surface area (Å²) in [5.74, 6) is 0. The molecule has 0 bridgehead atoms. The van der Waals surface area contributed by atoms with Crippen LogP contribution in [0, 0.1) is 0 Å². The van der Waals surface area contributed by atoms with Crippen molar-refractivity contribution in [3.63, 3.8) is 0 Å². The van der Waals surface area contributed by atoms with Crippen molar-refractivity contribution < 1.29 is 0 Å². The van der Waals surface area contributed by atoms with Crippen molar-refractivity contribution in [1.29, 1.82) is 0 Å². The minimum absolute atomic E-state index is 0. The van der Waals surface area contributed by atoms with Crippen molar-refractivity contribution in [3.8, 4) is 0 Å². The van der Waals surface area contributed by atoms with Crippen LogP contribution in [0.2, 0.25) is 9.36 Å². The van der Waals surface area contributed by atoms with Crippen LogP contribution in [0.4, 0.5) is 0 Å². The summed E-state index contributed by atoms with van der Waals surface area (Å²) in [6.07, 6.45) is 2.31. The maximum Gasteiger partial charge on any atom is 0.112 e. The Bertz CT molecular complexity index is 343. The number of thiophene rings is 1. The van der Waals surface area contributed by atoms with Crippen LogP contribution >= 0.6 is 46.9 Å². The number of hydrogen-bond donors (Lipinski definition) is 1. The highest BCUT2D eigenvalue weighted by Gasteiger charge is 2.18. The topological polar surface area (TPSA) is 29.3 Å². The van der Waals surface area contributed by atoms with Crippen molar-refractivity contribution >= 4 is 46.9 Å². The summed E-state index contributed by atoms with van der Waals surface area (Å²) < 4.78 is 0.688. The molecule has 0 amide bonds. The number of nitrogens with two attached hydrogens (primary N) is 1. The first kappa shape index (κ1) is 14.6. The molecule has 0 radical (unpaired) electrons. The molecule has 0 aliphatic carbocycles. The van der Waals surface area contributed by atoms with E-state index >= 15 is 0 Å². The van der Waals surface area contributed by atoms with E-state index in [2.05, 4.69) is 4.90 Å². The highest BCUT2D eigenvalue weighted by molar-refractivity contribution is 7.15. The quantitative estimate of drug-likeness (QED) is 0.907. The molecule has 2 nitrogen and oxygen atoms in total. The summed E-state index contributed by atoms with van der Waals surface area (Å²) in [6, 6.07) is 0.312. The monoisotopic (exact) mass is 300 g/mol. The van der Waals surface area contributed by atoms with E-state index in [9.17, 15) is 0 Å². The third kappa shape index (κ3) is 3.49. The number of halogens is 3. The molecule has 6 heteroatoms. The van der Waals surface area contributed by atoms with Gasteiger partial charge in [0.1, 0.15) is 4.34 Å². The average Bonchev–Trinajstić information content (AvgIpc) is 2.50. The Kier molecular flexibility index (Phi) is 5.85. The lowest BCUT2D eigenvalue weighted by molar-refractivity contribution is 0.202. The normalized spacial score (nSPS) is 21.8. The Morgan fingerprint density at radius 2 is 2.25 bits per heavy atom. The van der Waals surface area contributed by atoms with E-state index in [1.807, 2.05) is 5.38 Å². The standard InChI is InChI=1S/C10H14Cl2N2S.ClH/c11-9-7(6-15-10(9)12)4-14-3-1-2-8(13)5-14;/h6,8H,1-5,13H2;1H/t8-;/m1./s1. The molecule has 2 N–H and O–H groups in total. The first-order valence-corrected chi connectivity index (χ1v) is 6.69. The van der Waals surface area contributed by atoms with Gasteiger partial charge < -0.3 is 5.73 Å². The fraction of sp³-hybridized carbons (Fsp3) is 0.600. The van der Waals surface area contributed by atoms with Crippen LogP contribution in [0.1, 0.15) is 18.4 Å². The van der Waals surface area contributed by atoms with Crippen LogP contribution in [0.5, 0.6) is 0 Å². The zero-order valence-corrected chi connectivity index (χ0v) is 11.9. The molecule has 0 spiro atoms. The third-order valence-corrected chi connectivity index (χ3v) is 4.61. The van der Waals surface area contributed by atoms with Gasteiger partial charge in [0.25, 0.3) is 0 Å². The summed E-state index contributed by atoms with van der Waals surface area (Å²) in [6.45, 7) is 2.94. The molecule has 92 valence electrons. The van der Waals surface area contributed by atoms with Crippen molar-refractivity contribution in [2.45, 2.75) is 25.4 Å². The largest absolute Gasteiger partial charge is 0.327 e. The predicted molar refractivity (Wildman–Crippen MR) is 74.1 cm³/mol. The fourth-order valence-corrected chi connectivity index (χ4v) is 3.18. The Hall–Kier alpha value is 0.490. The molecule has 1 aromatic heterocycles. The summed E-state index contributed by atoms with van der Waals surface area (Å²) in [5, 5.41) is 2.74. The number of hydrogen-bond acceptors (Lipinski definition) is 3. The van der Waals surface area contributed by atoms with Crippen LogP contribution in [-0.4, -0.2) is 24.0 Å². The van der Waals surface area contributed by atoms with E-state index in [1.165, 1.54) is 17.8 Å². The number of rotatable bonds is 2. The summed E-state index contributed by atoms with van der Waals surface area (Å²) in [5.41, 5.74) is 7.05. The average molecular weight is 302 g/mol. The van der Waals surface area contributed by atoms with Gasteiger partial charge in [-0.15, -0.1) is 23.7 Å². The van der Waals surface area contributed by atoms with Gasteiger partial charge in [0.2, 0.25) is 0 Å². The van der Waals surface area contributed by atoms with Crippen LogP contribution in [0.25, 0.3) is 0 Å². The Morgan fingerprint density at radius 1 is 1.50 bits per heavy atom. The van der Waals surface area contributed by atoms with E-state index < -0.39 is 0 Å². The molecule has 0 aromatic carbocycles. The minimum atomic E-state index is 0. The summed E-state index contributed by atoms with van der Waals surface area (Å²) in [7, 11) is 0. The van der Waals surface area contributed by atoms with Gasteiger partial charge >= 0.3 is 0 Å². The molecule has 1 aliphatic heterocycles. The summed E-state index contributed by atoms with van der Waals surface area (Å²) in [4.78, 5) is 2.35. The second-order valence-electron chi connectivity index (χ2n) is 3.99. The van der Waals surface area contributed by atoms with Crippen LogP contribution < -0.4 is 5.73 Å². The summed E-state index contributed by atoms with van der Waals surface area (Å²) >= 11 is 13.5. The predicted octanol–water partition coefficient (Wildman–Crippen LogP) is 3.40. The lowest BCUT2D eigenvalue weighted by Crippen LogP contribution is -2.42. The van der Waals surface area contributed by atoms with E-state index in [-0.39, 0.29) is 12.4 Å². The molecule has 1 saturated heterocycles. The molecule has 0 unspecified atom stereocenters. The van der Waals surface area contributed by atoms with Gasteiger partial charge in [-0.1, -0.05) is 23.2 Å². The lowest BCUT2D eigenvalue weighted by Gasteiger charge is -2.30. The third-order valence-electron chi connectivity index (χ3n) is 2.70. The molecule has 2 heterocycles. The van der Waals surface area contributed by atoms with Gasteiger partial charge in [-0.2, -0.15) is 0 Å². The van der Waals surface area contributed by atoms with Gasteiger partial charge in [-0.25, -0.2) is 0 Å². The van der Waals surface area contributed by atoms with E-state index in [1.54, 1.807) is 0 Å². The van der Waals surface area contributed by atoms with E-state index in [0.717, 1.165) is 31.6 Å². The second-order valence-corrected chi connectivity index (χ2v) is 5.85. The fourth-order valence-electron chi connectivity index (χ4n) is 1.94. The highest BCUT2D eigenvalue weighted by Crippen LogP contribution is 2.33. The van der Waals surface area contributed by atoms with Crippen LogP contribution in [-0.2, 0) is 6.54 Å². The van der Waals surface area contributed by atoms with Gasteiger partial charge in [-0.3, -0.25) is 4.90 Å². The molecule has 16 heavy (non-hydrogen) atoms. The molecule has 1 atom stereocenters. The zero-order chi connectivity index (χ0) is 10.8. The zero-order valence-electron chi connectivity index (χ0n) is 8.79. The first-order chi connectivity index (χ1) is 7.16. The SMILES string of the molecule is Cl.N[C@@H]1CCCN(Cc2csc(Cl)c2Cl)C1. The maximum absolute atomic E-state index is 6.08. The van der Waals surface area contributed by atoms with Gasteiger partial charge in [-0.05, 0) is 30.3 Å². The molecular formula is C10H15Cl3N2S. The number of likely N-dealkylation sites (tertiary alicyclic amines) is 1. The first-order valence-electron chi connectivity index (χ1n) is 5.06. The van der Waals surface area contributed by atoms with E-state index in [0.29, 0.717) is 15.4 Å². The van der Waals surface area contributed by atoms with Crippen molar-refractivity contribution in [3.05, 3.63) is 20.3 Å². The van der Waals surface area contributed by atoms with Gasteiger partial charge in [0, 0.05) is 19.1 Å². The van der Waals surface area contributed by atoms with Crippen molar-refractivity contribution in [1.82, 2.24) is 4.90 Å². The molecular weight excluding hydrogens is 287 g/mol. The smallest absolute Gasteiger partial charge is 0.112 e. The molecule has 1 aliphatic rings. The minimum Gasteiger partial charge on any atom is -0.327 e. The Labute approximate surface area is 116 Å². The van der Waals surface area contributed by atoms with Crippen molar-refractivity contribution in [2.75, 3.05) is 13.1 Å². The molecule has 2 rings (SSSR count). The second kappa shape index (κ2) is 6.43. The van der Waals surface area contributed by atoms with Gasteiger partial charge in [0.15, 0.2) is 0 Å².